The summed E-state index contributed by atoms with van der Waals surface area (Å²) < 4.78 is 28.1. The summed E-state index contributed by atoms with van der Waals surface area (Å²) in [7, 11) is -3.76. The number of hydrogen-bond donors (Lipinski definition) is 3. The molecular weight excluding hydrogens is 394 g/mol. The fraction of sp³-hybridized carbons (Fsp3) is 0.421. The molecule has 154 valence electrons. The first-order valence-corrected chi connectivity index (χ1v) is 10.9. The van der Waals surface area contributed by atoms with Gasteiger partial charge in [0.2, 0.25) is 15.9 Å². The van der Waals surface area contributed by atoms with Crippen LogP contribution in [0.15, 0.2) is 29.3 Å². The van der Waals surface area contributed by atoms with Crippen LogP contribution < -0.4 is 11.1 Å². The Labute approximate surface area is 168 Å². The van der Waals surface area contributed by atoms with E-state index in [9.17, 15) is 18.0 Å². The van der Waals surface area contributed by atoms with Crippen LogP contribution in [-0.4, -0.2) is 47.8 Å². The van der Waals surface area contributed by atoms with Gasteiger partial charge in [0.1, 0.15) is 0 Å². The second-order valence-corrected chi connectivity index (χ2v) is 9.99. The molecule has 0 aliphatic carbocycles. The van der Waals surface area contributed by atoms with E-state index in [0.717, 1.165) is 6.42 Å². The molecule has 1 fully saturated rings. The van der Waals surface area contributed by atoms with Gasteiger partial charge in [-0.1, -0.05) is 0 Å². The highest BCUT2D eigenvalue weighted by atomic mass is 32.2. The monoisotopic (exact) mass is 417 g/mol. The van der Waals surface area contributed by atoms with Crippen LogP contribution in [-0.2, 0) is 20.2 Å². The maximum atomic E-state index is 13.3. The molecule has 0 spiro atoms. The third kappa shape index (κ3) is 3.12. The second-order valence-electron chi connectivity index (χ2n) is 8.05. The van der Waals surface area contributed by atoms with E-state index in [1.54, 1.807) is 26.0 Å². The molecule has 1 aromatic carbocycles. The van der Waals surface area contributed by atoms with Gasteiger partial charge in [-0.25, -0.2) is 8.42 Å². The number of anilines is 1. The quantitative estimate of drug-likeness (QED) is 0.688. The predicted molar refractivity (Wildman–Crippen MR) is 106 cm³/mol. The smallest absolute Gasteiger partial charge is 0.252 e. The summed E-state index contributed by atoms with van der Waals surface area (Å²) >= 11 is 0. The lowest BCUT2D eigenvalue weighted by atomic mass is 9.86. The van der Waals surface area contributed by atoms with Gasteiger partial charge in [-0.2, -0.15) is 9.40 Å². The number of benzene rings is 1. The van der Waals surface area contributed by atoms with Gasteiger partial charge in [0, 0.05) is 24.7 Å². The largest absolute Gasteiger partial charge is 0.365 e. The number of nitrogens with one attached hydrogen (secondary N) is 2. The molecule has 4 rings (SSSR count). The first-order valence-electron chi connectivity index (χ1n) is 9.41. The van der Waals surface area contributed by atoms with Gasteiger partial charge >= 0.3 is 0 Å². The molecule has 1 aromatic heterocycles. The summed E-state index contributed by atoms with van der Waals surface area (Å²) in [5.41, 5.74) is 6.78. The Morgan fingerprint density at radius 3 is 2.83 bits per heavy atom. The van der Waals surface area contributed by atoms with E-state index in [2.05, 4.69) is 15.5 Å². The lowest BCUT2D eigenvalue weighted by Gasteiger charge is -2.32. The minimum atomic E-state index is -3.76. The number of nitrogens with two attached hydrogens (primary N) is 1. The Hall–Kier alpha value is -2.72. The highest BCUT2D eigenvalue weighted by molar-refractivity contribution is 7.89. The molecule has 29 heavy (non-hydrogen) atoms. The van der Waals surface area contributed by atoms with Crippen molar-refractivity contribution in [2.75, 3.05) is 18.4 Å². The normalized spacial score (nSPS) is 21.6. The number of carbonyl (C=O) groups excluding carboxylic acids is 2. The molecule has 10 heteroatoms. The van der Waals surface area contributed by atoms with Crippen molar-refractivity contribution in [2.24, 2.45) is 5.73 Å². The average Bonchev–Trinajstić information content (AvgIpc) is 3.25. The summed E-state index contributed by atoms with van der Waals surface area (Å²) in [6.45, 7) is 4.15. The van der Waals surface area contributed by atoms with Gasteiger partial charge < -0.3 is 11.1 Å². The Balaban J connectivity index is 1.65. The summed E-state index contributed by atoms with van der Waals surface area (Å²) in [5, 5.41) is 9.48. The fourth-order valence-corrected chi connectivity index (χ4v) is 5.61. The number of H-pyrrole nitrogens is 1. The van der Waals surface area contributed by atoms with Crippen molar-refractivity contribution in [1.82, 2.24) is 14.5 Å². The van der Waals surface area contributed by atoms with E-state index in [0.29, 0.717) is 29.9 Å². The number of fused-ring (bicyclic) bond motifs is 1. The van der Waals surface area contributed by atoms with E-state index in [-0.39, 0.29) is 28.8 Å². The minimum Gasteiger partial charge on any atom is -0.365 e. The molecule has 1 saturated heterocycles. The van der Waals surface area contributed by atoms with E-state index < -0.39 is 21.3 Å². The zero-order valence-corrected chi connectivity index (χ0v) is 17.0. The summed E-state index contributed by atoms with van der Waals surface area (Å²) in [6.07, 6.45) is 2.75. The number of rotatable bonds is 4. The van der Waals surface area contributed by atoms with E-state index in [1.165, 1.54) is 16.6 Å². The van der Waals surface area contributed by atoms with Gasteiger partial charge in [0.05, 0.1) is 27.8 Å². The average molecular weight is 417 g/mol. The standard InChI is InChI=1S/C19H23N5O4S/c1-19(2)14-8-12(5-6-15(14)22-18(19)26)29(27,28)24-7-3-4-11(10-24)16-13(17(20)25)9-21-23-16/h5-6,8-9,11H,3-4,7,10H2,1-2H3,(H2,20,25)(H,21,23)(H,22,26)/t11-/m1/s1. The summed E-state index contributed by atoms with van der Waals surface area (Å²) in [4.78, 5) is 23.9. The Morgan fingerprint density at radius 2 is 2.10 bits per heavy atom. The van der Waals surface area contributed by atoms with E-state index in [4.69, 9.17) is 5.73 Å². The molecule has 9 nitrogen and oxygen atoms in total. The predicted octanol–water partition coefficient (Wildman–Crippen LogP) is 1.31. The van der Waals surface area contributed by atoms with Gasteiger partial charge in [0.25, 0.3) is 5.91 Å². The van der Waals surface area contributed by atoms with Crippen molar-refractivity contribution in [1.29, 1.82) is 0 Å². The number of nitrogens with zero attached hydrogens (tertiary/aromatic N) is 2. The lowest BCUT2D eigenvalue weighted by Crippen LogP contribution is -2.39. The van der Waals surface area contributed by atoms with Crippen molar-refractivity contribution >= 4 is 27.5 Å². The zero-order valence-electron chi connectivity index (χ0n) is 16.2. The fourth-order valence-electron chi connectivity index (χ4n) is 4.06. The maximum Gasteiger partial charge on any atom is 0.252 e. The highest BCUT2D eigenvalue weighted by Gasteiger charge is 2.40. The summed E-state index contributed by atoms with van der Waals surface area (Å²) in [6, 6.07) is 4.73. The van der Waals surface area contributed by atoms with Crippen LogP contribution in [0.1, 0.15) is 54.2 Å². The van der Waals surface area contributed by atoms with Crippen LogP contribution in [0.4, 0.5) is 5.69 Å². The molecule has 0 radical (unpaired) electrons. The van der Waals surface area contributed by atoms with Crippen LogP contribution >= 0.6 is 0 Å². The number of amides is 2. The van der Waals surface area contributed by atoms with Crippen molar-refractivity contribution < 1.29 is 18.0 Å². The van der Waals surface area contributed by atoms with Crippen LogP contribution in [0.5, 0.6) is 0 Å². The molecule has 2 aromatic rings. The number of hydrogen-bond acceptors (Lipinski definition) is 5. The number of carbonyl (C=O) groups is 2. The van der Waals surface area contributed by atoms with Crippen LogP contribution in [0.3, 0.4) is 0 Å². The molecule has 0 unspecified atom stereocenters. The van der Waals surface area contributed by atoms with Gasteiger partial charge in [-0.3, -0.25) is 14.7 Å². The first kappa shape index (κ1) is 19.6. The third-order valence-electron chi connectivity index (χ3n) is 5.84. The molecule has 1 atom stereocenters. The van der Waals surface area contributed by atoms with Gasteiger partial charge in [0.15, 0.2) is 0 Å². The SMILES string of the molecule is CC1(C)C(=O)Nc2ccc(S(=O)(=O)N3CCC[C@@H](c4[nH]ncc4C(N)=O)C3)cc21. The third-order valence-corrected chi connectivity index (χ3v) is 7.71. The Bertz CT molecular complexity index is 1110. The van der Waals surface area contributed by atoms with Crippen LogP contribution in [0.25, 0.3) is 0 Å². The summed E-state index contributed by atoms with van der Waals surface area (Å²) in [5.74, 6) is -0.942. The van der Waals surface area contributed by atoms with E-state index >= 15 is 0 Å². The number of primary amides is 1. The molecule has 3 heterocycles. The zero-order chi connectivity index (χ0) is 21.0. The molecule has 2 amide bonds. The highest BCUT2D eigenvalue weighted by Crippen LogP contribution is 2.39. The van der Waals surface area contributed by atoms with Crippen LogP contribution in [0, 0.1) is 0 Å². The minimum absolute atomic E-state index is 0.154. The number of aromatic nitrogens is 2. The Morgan fingerprint density at radius 1 is 1.34 bits per heavy atom. The van der Waals surface area contributed by atoms with Gasteiger partial charge in [-0.05, 0) is 50.5 Å². The van der Waals surface area contributed by atoms with Crippen molar-refractivity contribution in [2.45, 2.75) is 42.9 Å². The molecule has 2 aliphatic rings. The topological polar surface area (TPSA) is 138 Å². The van der Waals surface area contributed by atoms with E-state index in [1.807, 2.05) is 0 Å². The lowest BCUT2D eigenvalue weighted by molar-refractivity contribution is -0.119. The van der Waals surface area contributed by atoms with Gasteiger partial charge in [-0.15, -0.1) is 0 Å². The molecule has 4 N–H and O–H groups in total. The van der Waals surface area contributed by atoms with Crippen molar-refractivity contribution in [3.8, 4) is 0 Å². The molecular formula is C19H23N5O4S. The van der Waals surface area contributed by atoms with Crippen molar-refractivity contribution in [3.63, 3.8) is 0 Å². The van der Waals surface area contributed by atoms with Crippen LogP contribution in [0.2, 0.25) is 0 Å². The Kier molecular flexibility index (Phi) is 4.50. The molecule has 2 aliphatic heterocycles. The number of piperidine rings is 1. The molecule has 0 saturated carbocycles. The maximum absolute atomic E-state index is 13.3. The first-order chi connectivity index (χ1) is 13.6. The second kappa shape index (κ2) is 6.67. The number of aromatic amines is 1. The van der Waals surface area contributed by atoms with Crippen molar-refractivity contribution in [3.05, 3.63) is 41.2 Å². The molecule has 0 bridgehead atoms. The number of sulfonamides is 1.